The van der Waals surface area contributed by atoms with Crippen LogP contribution in [-0.2, 0) is 0 Å². The maximum absolute atomic E-state index is 11.7. The number of amides is 2. The van der Waals surface area contributed by atoms with Gasteiger partial charge in [0.25, 0.3) is 0 Å². The van der Waals surface area contributed by atoms with Crippen molar-refractivity contribution < 1.29 is 4.79 Å². The lowest BCUT2D eigenvalue weighted by Gasteiger charge is -2.21. The average Bonchev–Trinajstić information content (AvgIpc) is 2.75. The smallest absolute Gasteiger partial charge is 0.320 e. The third kappa shape index (κ3) is 2.75. The first kappa shape index (κ1) is 12.3. The van der Waals surface area contributed by atoms with E-state index in [9.17, 15) is 4.79 Å². The lowest BCUT2D eigenvalue weighted by atomic mass is 10.3. The Bertz CT molecular complexity index is 549. The number of aromatic nitrogens is 3. The monoisotopic (exact) mass is 248 g/mol. The summed E-state index contributed by atoms with van der Waals surface area (Å²) in [5.74, 6) is 0. The van der Waals surface area contributed by atoms with Gasteiger partial charge in [-0.05, 0) is 39.2 Å². The minimum atomic E-state index is -0.251. The number of benzene rings is 1. The van der Waals surface area contributed by atoms with Gasteiger partial charge < -0.3 is 10.6 Å². The molecule has 1 heterocycles. The molecule has 96 valence electrons. The Morgan fingerprint density at radius 1 is 1.33 bits per heavy atom. The van der Waals surface area contributed by atoms with Crippen molar-refractivity contribution in [2.45, 2.75) is 13.1 Å². The number of urea groups is 1. The molecule has 1 unspecified atom stereocenters. The highest BCUT2D eigenvalue weighted by atomic mass is 16.2. The summed E-state index contributed by atoms with van der Waals surface area (Å²) in [5.41, 5.74) is 2.16. The van der Waals surface area contributed by atoms with E-state index in [1.54, 1.807) is 18.2 Å². The Morgan fingerprint density at radius 2 is 2.06 bits per heavy atom. The molecule has 7 heteroatoms. The molecular formula is C11H16N6O. The molecular weight excluding hydrogens is 232 g/mol. The lowest BCUT2D eigenvalue weighted by molar-refractivity contribution is 0.227. The number of H-pyrrole nitrogens is 1. The highest BCUT2D eigenvalue weighted by Crippen LogP contribution is 2.14. The zero-order chi connectivity index (χ0) is 13.1. The number of hydrogen-bond acceptors (Lipinski definition) is 4. The fourth-order valence-electron chi connectivity index (χ4n) is 1.40. The standard InChI is InChI=1S/C11H16N6O/c1-7(17(2)3)12-11(18)13-8-4-5-9-10(6-8)15-16-14-9/h4-7H,1-3H3,(H2,12,13,18)(H,14,15,16). The van der Waals surface area contributed by atoms with Crippen LogP contribution in [0.5, 0.6) is 0 Å². The Morgan fingerprint density at radius 3 is 2.78 bits per heavy atom. The summed E-state index contributed by atoms with van der Waals surface area (Å²) < 4.78 is 0. The molecule has 0 aliphatic rings. The molecule has 1 atom stereocenters. The second-order valence-corrected chi connectivity index (χ2v) is 4.27. The van der Waals surface area contributed by atoms with Gasteiger partial charge >= 0.3 is 6.03 Å². The normalized spacial score (nSPS) is 12.7. The first-order valence-corrected chi connectivity index (χ1v) is 5.61. The molecule has 18 heavy (non-hydrogen) atoms. The van der Waals surface area contributed by atoms with Crippen molar-refractivity contribution in [1.29, 1.82) is 0 Å². The van der Waals surface area contributed by atoms with Crippen LogP contribution in [0, 0.1) is 0 Å². The molecule has 0 radical (unpaired) electrons. The quantitative estimate of drug-likeness (QED) is 0.707. The molecule has 0 bridgehead atoms. The molecule has 0 fully saturated rings. The number of aromatic amines is 1. The maximum Gasteiger partial charge on any atom is 0.320 e. The van der Waals surface area contributed by atoms with Crippen molar-refractivity contribution in [3.63, 3.8) is 0 Å². The van der Waals surface area contributed by atoms with Crippen molar-refractivity contribution in [3.8, 4) is 0 Å². The first-order chi connectivity index (χ1) is 8.56. The number of nitrogens with zero attached hydrogens (tertiary/aromatic N) is 3. The predicted molar refractivity (Wildman–Crippen MR) is 69.2 cm³/mol. The third-order valence-corrected chi connectivity index (χ3v) is 2.69. The molecule has 0 saturated heterocycles. The van der Waals surface area contributed by atoms with E-state index in [0.29, 0.717) is 11.2 Å². The summed E-state index contributed by atoms with van der Waals surface area (Å²) in [4.78, 5) is 13.6. The largest absolute Gasteiger partial charge is 0.323 e. The van der Waals surface area contributed by atoms with E-state index in [-0.39, 0.29) is 12.2 Å². The lowest BCUT2D eigenvalue weighted by Crippen LogP contribution is -2.44. The Hall–Kier alpha value is -2.15. The van der Waals surface area contributed by atoms with Crippen molar-refractivity contribution in [2.75, 3.05) is 19.4 Å². The number of rotatable bonds is 3. The Kier molecular flexibility index (Phi) is 3.42. The molecule has 0 aliphatic heterocycles. The molecule has 0 spiro atoms. The van der Waals surface area contributed by atoms with Crippen LogP contribution < -0.4 is 10.6 Å². The molecule has 1 aromatic carbocycles. The minimum Gasteiger partial charge on any atom is -0.323 e. The SMILES string of the molecule is CC(NC(=O)Nc1ccc2n[nH]nc2c1)N(C)C. The highest BCUT2D eigenvalue weighted by molar-refractivity contribution is 5.91. The predicted octanol–water partition coefficient (Wildman–Crippen LogP) is 0.987. The van der Waals surface area contributed by atoms with Gasteiger partial charge in [-0.15, -0.1) is 0 Å². The van der Waals surface area contributed by atoms with Gasteiger partial charge in [0.2, 0.25) is 0 Å². The second kappa shape index (κ2) is 5.01. The van der Waals surface area contributed by atoms with E-state index >= 15 is 0 Å². The van der Waals surface area contributed by atoms with Crippen LogP contribution in [0.15, 0.2) is 18.2 Å². The van der Waals surface area contributed by atoms with Gasteiger partial charge in [0.15, 0.2) is 0 Å². The minimum absolute atomic E-state index is 0.0409. The zero-order valence-corrected chi connectivity index (χ0v) is 10.6. The van der Waals surface area contributed by atoms with E-state index < -0.39 is 0 Å². The van der Waals surface area contributed by atoms with Crippen LogP contribution in [0.25, 0.3) is 11.0 Å². The summed E-state index contributed by atoms with van der Waals surface area (Å²) in [7, 11) is 3.79. The molecule has 2 amide bonds. The van der Waals surface area contributed by atoms with Gasteiger partial charge in [-0.1, -0.05) is 0 Å². The van der Waals surface area contributed by atoms with Crippen molar-refractivity contribution in [2.24, 2.45) is 0 Å². The highest BCUT2D eigenvalue weighted by Gasteiger charge is 2.09. The molecule has 7 nitrogen and oxygen atoms in total. The van der Waals surface area contributed by atoms with Gasteiger partial charge in [0.1, 0.15) is 11.0 Å². The summed E-state index contributed by atoms with van der Waals surface area (Å²) in [6.07, 6.45) is -0.0409. The molecule has 0 aliphatic carbocycles. The summed E-state index contributed by atoms with van der Waals surface area (Å²) in [5, 5.41) is 16.0. The third-order valence-electron chi connectivity index (χ3n) is 2.69. The number of hydrogen-bond donors (Lipinski definition) is 3. The molecule has 2 aromatic rings. The number of fused-ring (bicyclic) bond motifs is 1. The second-order valence-electron chi connectivity index (χ2n) is 4.27. The van der Waals surface area contributed by atoms with Gasteiger partial charge in [-0.25, -0.2) is 4.79 Å². The Labute approximate surface area is 105 Å². The fourth-order valence-corrected chi connectivity index (χ4v) is 1.40. The average molecular weight is 248 g/mol. The van der Waals surface area contributed by atoms with E-state index in [2.05, 4.69) is 26.0 Å². The number of carbonyl (C=O) groups excluding carboxylic acids is 1. The van der Waals surface area contributed by atoms with Gasteiger partial charge in [0, 0.05) is 5.69 Å². The topological polar surface area (TPSA) is 85.9 Å². The summed E-state index contributed by atoms with van der Waals surface area (Å²) >= 11 is 0. The maximum atomic E-state index is 11.7. The van der Waals surface area contributed by atoms with Gasteiger partial charge in [-0.3, -0.25) is 4.90 Å². The van der Waals surface area contributed by atoms with Crippen LogP contribution in [0.4, 0.5) is 10.5 Å². The Balaban J connectivity index is 2.02. The van der Waals surface area contributed by atoms with Crippen molar-refractivity contribution in [1.82, 2.24) is 25.6 Å². The van der Waals surface area contributed by atoms with E-state index in [4.69, 9.17) is 0 Å². The first-order valence-electron chi connectivity index (χ1n) is 5.61. The van der Waals surface area contributed by atoms with Crippen LogP contribution in [0.1, 0.15) is 6.92 Å². The molecule has 2 rings (SSSR count). The van der Waals surface area contributed by atoms with E-state index in [0.717, 1.165) is 5.52 Å². The van der Waals surface area contributed by atoms with Crippen LogP contribution in [0.3, 0.4) is 0 Å². The van der Waals surface area contributed by atoms with Crippen LogP contribution in [-0.4, -0.2) is 46.6 Å². The number of nitrogens with one attached hydrogen (secondary N) is 3. The number of anilines is 1. The molecule has 3 N–H and O–H groups in total. The summed E-state index contributed by atoms with van der Waals surface area (Å²) in [6.45, 7) is 1.90. The van der Waals surface area contributed by atoms with E-state index in [1.165, 1.54) is 0 Å². The van der Waals surface area contributed by atoms with Gasteiger partial charge in [0.05, 0.1) is 6.17 Å². The van der Waals surface area contributed by atoms with Crippen LogP contribution in [0.2, 0.25) is 0 Å². The van der Waals surface area contributed by atoms with Crippen molar-refractivity contribution in [3.05, 3.63) is 18.2 Å². The zero-order valence-electron chi connectivity index (χ0n) is 10.6. The fraction of sp³-hybridized carbons (Fsp3) is 0.364. The molecule has 0 saturated carbocycles. The van der Waals surface area contributed by atoms with E-state index in [1.807, 2.05) is 25.9 Å². The summed E-state index contributed by atoms with van der Waals surface area (Å²) in [6, 6.07) is 5.09. The van der Waals surface area contributed by atoms with Crippen LogP contribution >= 0.6 is 0 Å². The number of carbonyl (C=O) groups is 1. The molecule has 1 aromatic heterocycles. The van der Waals surface area contributed by atoms with Crippen molar-refractivity contribution >= 4 is 22.8 Å². The van der Waals surface area contributed by atoms with Gasteiger partial charge in [-0.2, -0.15) is 15.4 Å².